The highest BCUT2D eigenvalue weighted by atomic mass is 32.2. The van der Waals surface area contributed by atoms with Gasteiger partial charge in [-0.2, -0.15) is 0 Å². The van der Waals surface area contributed by atoms with E-state index in [-0.39, 0.29) is 5.75 Å². The maximum Gasteiger partial charge on any atom is 0.235 e. The van der Waals surface area contributed by atoms with Gasteiger partial charge in [-0.1, -0.05) is 13.0 Å². The third-order valence-electron chi connectivity index (χ3n) is 2.90. The number of halogens is 1. The topological polar surface area (TPSA) is 49.4 Å². The molecule has 1 aromatic rings. The van der Waals surface area contributed by atoms with Gasteiger partial charge in [-0.25, -0.2) is 12.8 Å². The third kappa shape index (κ3) is 5.09. The van der Waals surface area contributed by atoms with Gasteiger partial charge in [-0.05, 0) is 51.1 Å². The fourth-order valence-electron chi connectivity index (χ4n) is 1.96. The van der Waals surface area contributed by atoms with Crippen LogP contribution in [0, 0.1) is 5.82 Å². The van der Waals surface area contributed by atoms with Crippen LogP contribution >= 0.6 is 0 Å². The summed E-state index contributed by atoms with van der Waals surface area (Å²) in [6, 6.07) is 5.68. The highest BCUT2D eigenvalue weighted by Gasteiger charge is 2.20. The first-order chi connectivity index (χ1) is 9.51. The molecule has 0 aliphatic carbocycles. The van der Waals surface area contributed by atoms with E-state index in [2.05, 4.69) is 12.2 Å². The highest BCUT2D eigenvalue weighted by molar-refractivity contribution is 7.92. The minimum atomic E-state index is -3.40. The second kappa shape index (κ2) is 8.21. The van der Waals surface area contributed by atoms with Crippen LogP contribution in [-0.4, -0.2) is 33.8 Å². The van der Waals surface area contributed by atoms with Crippen LogP contribution in [0.3, 0.4) is 0 Å². The molecular formula is C14H23FN2O2S. The van der Waals surface area contributed by atoms with Gasteiger partial charge < -0.3 is 5.32 Å². The summed E-state index contributed by atoms with van der Waals surface area (Å²) in [5.41, 5.74) is 0.383. The Labute approximate surface area is 121 Å². The second-order valence-electron chi connectivity index (χ2n) is 4.56. The van der Waals surface area contributed by atoms with Gasteiger partial charge in [0.05, 0.1) is 11.4 Å². The molecule has 0 heterocycles. The molecule has 0 saturated heterocycles. The molecule has 0 atom stereocenters. The summed E-state index contributed by atoms with van der Waals surface area (Å²) in [6.45, 7) is 5.67. The number of nitrogens with zero attached hydrogens (tertiary/aromatic N) is 1. The van der Waals surface area contributed by atoms with Crippen molar-refractivity contribution < 1.29 is 12.8 Å². The van der Waals surface area contributed by atoms with Crippen LogP contribution in [0.4, 0.5) is 10.1 Å². The average molecular weight is 302 g/mol. The molecule has 0 amide bonds. The van der Waals surface area contributed by atoms with E-state index in [1.54, 1.807) is 13.0 Å². The van der Waals surface area contributed by atoms with Crippen molar-refractivity contribution in [2.45, 2.75) is 26.7 Å². The molecule has 6 heteroatoms. The van der Waals surface area contributed by atoms with Gasteiger partial charge in [0.1, 0.15) is 5.82 Å². The first-order valence-electron chi connectivity index (χ1n) is 6.98. The van der Waals surface area contributed by atoms with Crippen LogP contribution in [0.2, 0.25) is 0 Å². The summed E-state index contributed by atoms with van der Waals surface area (Å²) in [7, 11) is -3.40. The van der Waals surface area contributed by atoms with Crippen molar-refractivity contribution in [2.24, 2.45) is 0 Å². The molecule has 4 nitrogen and oxygen atoms in total. The number of rotatable bonds is 9. The first kappa shape index (κ1) is 16.9. The molecule has 1 aromatic carbocycles. The molecule has 114 valence electrons. The van der Waals surface area contributed by atoms with E-state index >= 15 is 0 Å². The Morgan fingerprint density at radius 2 is 2.00 bits per heavy atom. The van der Waals surface area contributed by atoms with Gasteiger partial charge in [-0.3, -0.25) is 4.31 Å². The average Bonchev–Trinajstić information content (AvgIpc) is 2.39. The predicted molar refractivity (Wildman–Crippen MR) is 81.0 cm³/mol. The molecule has 1 N–H and O–H groups in total. The van der Waals surface area contributed by atoms with E-state index in [9.17, 15) is 12.8 Å². The van der Waals surface area contributed by atoms with E-state index < -0.39 is 15.8 Å². The number of benzene rings is 1. The molecule has 0 unspecified atom stereocenters. The quantitative estimate of drug-likeness (QED) is 0.713. The first-order valence-corrected chi connectivity index (χ1v) is 8.59. The van der Waals surface area contributed by atoms with E-state index in [1.807, 2.05) is 0 Å². The summed E-state index contributed by atoms with van der Waals surface area (Å²) in [4.78, 5) is 0. The monoisotopic (exact) mass is 302 g/mol. The minimum absolute atomic E-state index is 0.0636. The zero-order chi connectivity index (χ0) is 15.0. The van der Waals surface area contributed by atoms with Crippen LogP contribution < -0.4 is 9.62 Å². The molecular weight excluding hydrogens is 279 g/mol. The largest absolute Gasteiger partial charge is 0.317 e. The Morgan fingerprint density at radius 1 is 1.25 bits per heavy atom. The molecule has 0 spiro atoms. The Morgan fingerprint density at radius 3 is 2.60 bits per heavy atom. The molecule has 0 bridgehead atoms. The minimum Gasteiger partial charge on any atom is -0.317 e. The SMILES string of the molecule is CCCNCCCS(=O)(=O)N(CC)c1cccc(F)c1. The number of anilines is 1. The molecule has 0 aromatic heterocycles. The van der Waals surface area contributed by atoms with Gasteiger partial charge in [0.15, 0.2) is 0 Å². The summed E-state index contributed by atoms with van der Waals surface area (Å²) in [5, 5.41) is 3.17. The van der Waals surface area contributed by atoms with Gasteiger partial charge in [0.25, 0.3) is 0 Å². The third-order valence-corrected chi connectivity index (χ3v) is 4.85. The molecule has 20 heavy (non-hydrogen) atoms. The number of hydrogen-bond acceptors (Lipinski definition) is 3. The van der Waals surface area contributed by atoms with Crippen LogP contribution in [0.1, 0.15) is 26.7 Å². The van der Waals surface area contributed by atoms with Crippen molar-refractivity contribution in [3.8, 4) is 0 Å². The lowest BCUT2D eigenvalue weighted by Crippen LogP contribution is -2.34. The highest BCUT2D eigenvalue weighted by Crippen LogP contribution is 2.19. The molecule has 1 rings (SSSR count). The van der Waals surface area contributed by atoms with E-state index in [1.165, 1.54) is 22.5 Å². The van der Waals surface area contributed by atoms with Crippen molar-refractivity contribution in [3.05, 3.63) is 30.1 Å². The molecule has 0 radical (unpaired) electrons. The molecule has 0 aliphatic rings. The van der Waals surface area contributed by atoms with Crippen LogP contribution in [0.15, 0.2) is 24.3 Å². The smallest absolute Gasteiger partial charge is 0.235 e. The summed E-state index contributed by atoms with van der Waals surface area (Å²) in [5.74, 6) is -0.366. The van der Waals surface area contributed by atoms with Gasteiger partial charge in [0, 0.05) is 6.54 Å². The van der Waals surface area contributed by atoms with E-state index in [0.717, 1.165) is 13.0 Å². The Hall–Kier alpha value is -1.14. The van der Waals surface area contributed by atoms with Crippen LogP contribution in [-0.2, 0) is 10.0 Å². The standard InChI is InChI=1S/C14H23FN2O2S/c1-3-9-16-10-6-11-20(18,19)17(4-2)14-8-5-7-13(15)12-14/h5,7-8,12,16H,3-4,6,9-11H2,1-2H3. The molecule has 0 fully saturated rings. The number of hydrogen-bond donors (Lipinski definition) is 1. The number of sulfonamides is 1. The lowest BCUT2D eigenvalue weighted by atomic mass is 10.3. The maximum absolute atomic E-state index is 13.2. The van der Waals surface area contributed by atoms with Crippen molar-refractivity contribution in [1.29, 1.82) is 0 Å². The lowest BCUT2D eigenvalue weighted by molar-refractivity contribution is 0.584. The Balaban J connectivity index is 2.68. The van der Waals surface area contributed by atoms with Crippen molar-refractivity contribution >= 4 is 15.7 Å². The zero-order valence-corrected chi connectivity index (χ0v) is 12.9. The Bertz CT molecular complexity index is 506. The summed E-state index contributed by atoms with van der Waals surface area (Å²) >= 11 is 0. The van der Waals surface area contributed by atoms with Crippen molar-refractivity contribution in [1.82, 2.24) is 5.32 Å². The number of nitrogens with one attached hydrogen (secondary N) is 1. The van der Waals surface area contributed by atoms with Crippen LogP contribution in [0.5, 0.6) is 0 Å². The lowest BCUT2D eigenvalue weighted by Gasteiger charge is -2.23. The predicted octanol–water partition coefficient (Wildman–Crippen LogP) is 2.37. The van der Waals surface area contributed by atoms with Crippen molar-refractivity contribution in [2.75, 3.05) is 29.7 Å². The van der Waals surface area contributed by atoms with Gasteiger partial charge in [0.2, 0.25) is 10.0 Å². The second-order valence-corrected chi connectivity index (χ2v) is 6.58. The normalized spacial score (nSPS) is 11.6. The zero-order valence-electron chi connectivity index (χ0n) is 12.1. The Kier molecular flexibility index (Phi) is 6.95. The maximum atomic E-state index is 13.2. The van der Waals surface area contributed by atoms with E-state index in [4.69, 9.17) is 0 Å². The molecule has 0 aliphatic heterocycles. The summed E-state index contributed by atoms with van der Waals surface area (Å²) < 4.78 is 39.0. The van der Waals surface area contributed by atoms with Gasteiger partial charge >= 0.3 is 0 Å². The van der Waals surface area contributed by atoms with Crippen molar-refractivity contribution in [3.63, 3.8) is 0 Å². The fourth-order valence-corrected chi connectivity index (χ4v) is 3.52. The fraction of sp³-hybridized carbons (Fsp3) is 0.571. The van der Waals surface area contributed by atoms with E-state index in [0.29, 0.717) is 25.2 Å². The van der Waals surface area contributed by atoms with Crippen LogP contribution in [0.25, 0.3) is 0 Å². The molecule has 0 saturated carbocycles. The van der Waals surface area contributed by atoms with Gasteiger partial charge in [-0.15, -0.1) is 0 Å². The summed E-state index contributed by atoms with van der Waals surface area (Å²) in [6.07, 6.45) is 1.57.